The summed E-state index contributed by atoms with van der Waals surface area (Å²) in [5.74, 6) is 0.789. The van der Waals surface area contributed by atoms with Crippen molar-refractivity contribution in [3.8, 4) is 0 Å². The van der Waals surface area contributed by atoms with Crippen LogP contribution in [0.4, 0.5) is 5.82 Å². The second kappa shape index (κ2) is 6.43. The van der Waals surface area contributed by atoms with Gasteiger partial charge in [-0.1, -0.05) is 0 Å². The van der Waals surface area contributed by atoms with Crippen molar-refractivity contribution in [2.75, 3.05) is 18.4 Å². The van der Waals surface area contributed by atoms with Crippen LogP contribution in [0.1, 0.15) is 21.6 Å². The number of hydrogen-bond donors (Lipinski definition) is 2. The molecule has 3 heterocycles. The van der Waals surface area contributed by atoms with E-state index in [1.165, 1.54) is 0 Å². The second-order valence-corrected chi connectivity index (χ2v) is 5.19. The topological polar surface area (TPSA) is 84.2 Å². The molecule has 0 bridgehead atoms. The van der Waals surface area contributed by atoms with Crippen molar-refractivity contribution >= 4 is 17.4 Å². The van der Waals surface area contributed by atoms with E-state index in [0.717, 1.165) is 22.7 Å². The maximum atomic E-state index is 12.0. The number of amides is 1. The summed E-state index contributed by atoms with van der Waals surface area (Å²) < 4.78 is 1.77. The molecule has 0 fully saturated rings. The van der Waals surface area contributed by atoms with Crippen molar-refractivity contribution in [1.82, 2.24) is 24.9 Å². The van der Waals surface area contributed by atoms with E-state index in [1.807, 2.05) is 19.9 Å². The highest BCUT2D eigenvalue weighted by molar-refractivity contribution is 5.93. The highest BCUT2D eigenvalue weighted by Gasteiger charge is 2.09. The number of nitrogens with one attached hydrogen (secondary N) is 2. The average molecular weight is 310 g/mol. The van der Waals surface area contributed by atoms with Crippen LogP contribution in [-0.2, 0) is 0 Å². The van der Waals surface area contributed by atoms with Crippen molar-refractivity contribution in [3.63, 3.8) is 0 Å². The molecule has 3 aromatic rings. The molecule has 7 nitrogen and oxygen atoms in total. The van der Waals surface area contributed by atoms with Gasteiger partial charge in [-0.05, 0) is 26.0 Å². The zero-order valence-corrected chi connectivity index (χ0v) is 13.1. The first-order valence-electron chi connectivity index (χ1n) is 7.40. The normalized spacial score (nSPS) is 10.7. The molecule has 0 aliphatic heterocycles. The molecule has 1 amide bonds. The van der Waals surface area contributed by atoms with Crippen molar-refractivity contribution in [2.45, 2.75) is 13.8 Å². The SMILES string of the molecule is Cc1nc2ccnn2c(NCCNC(=O)c2ccncc2)c1C. The number of carbonyl (C=O) groups is 1. The van der Waals surface area contributed by atoms with E-state index in [4.69, 9.17) is 0 Å². The number of anilines is 1. The molecule has 3 rings (SSSR count). The third kappa shape index (κ3) is 3.13. The molecule has 118 valence electrons. The Morgan fingerprint density at radius 1 is 1.13 bits per heavy atom. The number of fused-ring (bicyclic) bond motifs is 1. The molecular weight excluding hydrogens is 292 g/mol. The minimum absolute atomic E-state index is 0.110. The van der Waals surface area contributed by atoms with E-state index < -0.39 is 0 Å². The van der Waals surface area contributed by atoms with Crippen LogP contribution in [0, 0.1) is 13.8 Å². The first-order valence-corrected chi connectivity index (χ1v) is 7.40. The largest absolute Gasteiger partial charge is 0.368 e. The highest BCUT2D eigenvalue weighted by Crippen LogP contribution is 2.18. The lowest BCUT2D eigenvalue weighted by Gasteiger charge is -2.13. The van der Waals surface area contributed by atoms with Gasteiger partial charge in [0.15, 0.2) is 5.65 Å². The molecule has 3 aromatic heterocycles. The molecule has 0 aliphatic carbocycles. The van der Waals surface area contributed by atoms with Gasteiger partial charge in [-0.3, -0.25) is 9.78 Å². The number of rotatable bonds is 5. The zero-order chi connectivity index (χ0) is 16.2. The summed E-state index contributed by atoms with van der Waals surface area (Å²) in [6, 6.07) is 5.24. The summed E-state index contributed by atoms with van der Waals surface area (Å²) in [4.78, 5) is 20.3. The molecule has 0 radical (unpaired) electrons. The summed E-state index contributed by atoms with van der Waals surface area (Å²) in [6.45, 7) is 5.07. The highest BCUT2D eigenvalue weighted by atomic mass is 16.1. The lowest BCUT2D eigenvalue weighted by molar-refractivity contribution is 0.0955. The van der Waals surface area contributed by atoms with Gasteiger partial charge in [0.25, 0.3) is 5.91 Å². The second-order valence-electron chi connectivity index (χ2n) is 5.19. The van der Waals surface area contributed by atoms with Gasteiger partial charge < -0.3 is 10.6 Å². The molecule has 0 unspecified atom stereocenters. The van der Waals surface area contributed by atoms with Crippen LogP contribution in [0.25, 0.3) is 5.65 Å². The zero-order valence-electron chi connectivity index (χ0n) is 13.1. The van der Waals surface area contributed by atoms with Crippen LogP contribution in [0.3, 0.4) is 0 Å². The Labute approximate surface area is 133 Å². The van der Waals surface area contributed by atoms with Gasteiger partial charge in [0.05, 0.1) is 6.20 Å². The Morgan fingerprint density at radius 3 is 2.70 bits per heavy atom. The third-order valence-corrected chi connectivity index (χ3v) is 3.66. The summed E-state index contributed by atoms with van der Waals surface area (Å²) in [5, 5.41) is 10.5. The molecule has 2 N–H and O–H groups in total. The lowest BCUT2D eigenvalue weighted by Crippen LogP contribution is -2.29. The van der Waals surface area contributed by atoms with E-state index in [9.17, 15) is 4.79 Å². The van der Waals surface area contributed by atoms with Crippen LogP contribution >= 0.6 is 0 Å². The fourth-order valence-corrected chi connectivity index (χ4v) is 2.31. The van der Waals surface area contributed by atoms with Crippen LogP contribution in [0.15, 0.2) is 36.8 Å². The smallest absolute Gasteiger partial charge is 0.251 e. The average Bonchev–Trinajstić information content (AvgIpc) is 3.03. The van der Waals surface area contributed by atoms with Crippen LogP contribution < -0.4 is 10.6 Å². The van der Waals surface area contributed by atoms with Gasteiger partial charge in [-0.15, -0.1) is 0 Å². The Kier molecular flexibility index (Phi) is 4.18. The molecule has 0 aliphatic rings. The van der Waals surface area contributed by atoms with Gasteiger partial charge in [-0.2, -0.15) is 9.61 Å². The van der Waals surface area contributed by atoms with Gasteiger partial charge in [0, 0.05) is 48.4 Å². The maximum absolute atomic E-state index is 12.0. The molecular formula is C16H18N6O. The maximum Gasteiger partial charge on any atom is 0.251 e. The number of pyridine rings is 1. The fourth-order valence-electron chi connectivity index (χ4n) is 2.31. The Balaban J connectivity index is 1.62. The van der Waals surface area contributed by atoms with Crippen LogP contribution in [-0.4, -0.2) is 38.6 Å². The molecule has 0 atom stereocenters. The number of carbonyl (C=O) groups excluding carboxylic acids is 1. The van der Waals surface area contributed by atoms with Gasteiger partial charge >= 0.3 is 0 Å². The minimum Gasteiger partial charge on any atom is -0.368 e. The number of hydrogen-bond acceptors (Lipinski definition) is 5. The molecule has 7 heteroatoms. The lowest BCUT2D eigenvalue weighted by atomic mass is 10.2. The number of aromatic nitrogens is 4. The quantitative estimate of drug-likeness (QED) is 0.699. The van der Waals surface area contributed by atoms with E-state index >= 15 is 0 Å². The Morgan fingerprint density at radius 2 is 1.91 bits per heavy atom. The number of aryl methyl sites for hydroxylation is 1. The molecule has 0 saturated heterocycles. The third-order valence-electron chi connectivity index (χ3n) is 3.66. The predicted octanol–water partition coefficient (Wildman–Crippen LogP) is 1.58. The minimum atomic E-state index is -0.110. The number of nitrogens with zero attached hydrogens (tertiary/aromatic N) is 4. The summed E-state index contributed by atoms with van der Waals surface area (Å²) in [5.41, 5.74) is 3.41. The summed E-state index contributed by atoms with van der Waals surface area (Å²) in [6.07, 6.45) is 4.92. The first kappa shape index (κ1) is 15.0. The Hall–Kier alpha value is -2.96. The van der Waals surface area contributed by atoms with Crippen molar-refractivity contribution in [1.29, 1.82) is 0 Å². The standard InChI is InChI=1S/C16H18N6O/c1-11-12(2)21-14-5-8-20-22(14)15(11)18-9-10-19-16(23)13-3-6-17-7-4-13/h3-8,18H,9-10H2,1-2H3,(H,19,23). The van der Waals surface area contributed by atoms with Crippen molar-refractivity contribution < 1.29 is 4.79 Å². The van der Waals surface area contributed by atoms with Gasteiger partial charge in [0.1, 0.15) is 5.82 Å². The van der Waals surface area contributed by atoms with Crippen LogP contribution in [0.2, 0.25) is 0 Å². The van der Waals surface area contributed by atoms with E-state index in [-0.39, 0.29) is 5.91 Å². The van der Waals surface area contributed by atoms with Crippen molar-refractivity contribution in [2.24, 2.45) is 0 Å². The van der Waals surface area contributed by atoms with Crippen LogP contribution in [0.5, 0.6) is 0 Å². The summed E-state index contributed by atoms with van der Waals surface area (Å²) >= 11 is 0. The van der Waals surface area contributed by atoms with Crippen molar-refractivity contribution in [3.05, 3.63) is 53.6 Å². The van der Waals surface area contributed by atoms with Gasteiger partial charge in [0.2, 0.25) is 0 Å². The molecule has 0 saturated carbocycles. The van der Waals surface area contributed by atoms with E-state index in [0.29, 0.717) is 18.7 Å². The molecule has 23 heavy (non-hydrogen) atoms. The molecule has 0 spiro atoms. The fraction of sp³-hybridized carbons (Fsp3) is 0.250. The van der Waals surface area contributed by atoms with Gasteiger partial charge in [-0.25, -0.2) is 4.98 Å². The van der Waals surface area contributed by atoms with E-state index in [2.05, 4.69) is 25.7 Å². The van der Waals surface area contributed by atoms with E-state index in [1.54, 1.807) is 35.2 Å². The Bertz CT molecular complexity index is 827. The predicted molar refractivity (Wildman–Crippen MR) is 87.5 cm³/mol. The first-order chi connectivity index (χ1) is 11.2. The monoisotopic (exact) mass is 310 g/mol. The molecule has 0 aromatic carbocycles. The summed E-state index contributed by atoms with van der Waals surface area (Å²) in [7, 11) is 0.